The first kappa shape index (κ1) is 27.0. The fourth-order valence-corrected chi connectivity index (χ4v) is 3.26. The Morgan fingerprint density at radius 2 is 2.09 bits per heavy atom. The van der Waals surface area contributed by atoms with E-state index in [0.29, 0.717) is 34.0 Å². The van der Waals surface area contributed by atoms with Crippen molar-refractivity contribution in [3.8, 4) is 11.6 Å². The molecule has 0 aliphatic rings. The highest BCUT2D eigenvalue weighted by molar-refractivity contribution is 7.81. The predicted octanol–water partition coefficient (Wildman–Crippen LogP) is 5.44. The molecule has 2 aromatic rings. The second-order valence-electron chi connectivity index (χ2n) is 6.99. The molecule has 0 aliphatic carbocycles. The first-order chi connectivity index (χ1) is 16.2. The van der Waals surface area contributed by atoms with E-state index in [2.05, 4.69) is 28.2 Å². The number of halogens is 2. The number of ether oxygens (including phenoxy) is 2. The molecule has 0 unspecified atom stereocenters. The molecule has 0 spiro atoms. The number of aromatic nitrogens is 2. The number of hydrogen-bond donors (Lipinski definition) is 4. The number of thiol groups is 1. The molecule has 0 fully saturated rings. The van der Waals surface area contributed by atoms with Gasteiger partial charge in [0.2, 0.25) is 5.88 Å². The van der Waals surface area contributed by atoms with Crippen molar-refractivity contribution in [2.75, 3.05) is 23.9 Å². The normalized spacial score (nSPS) is 12.4. The molecule has 34 heavy (non-hydrogen) atoms. The fourth-order valence-electron chi connectivity index (χ4n) is 2.85. The number of hydrazine groups is 1. The Labute approximate surface area is 209 Å². The van der Waals surface area contributed by atoms with Gasteiger partial charge in [0.25, 0.3) is 0 Å². The summed E-state index contributed by atoms with van der Waals surface area (Å²) in [5.41, 5.74) is 10.2. The van der Waals surface area contributed by atoms with Crippen LogP contribution in [0.4, 0.5) is 15.9 Å². The van der Waals surface area contributed by atoms with E-state index in [9.17, 15) is 0 Å². The van der Waals surface area contributed by atoms with Crippen LogP contribution >= 0.6 is 24.4 Å². The molecule has 4 N–H and O–H groups in total. The third-order valence-corrected chi connectivity index (χ3v) is 4.96. The topological polar surface area (TPSA) is 109 Å². The molecular weight excluding hydrogens is 479 g/mol. The second-order valence-corrected chi connectivity index (χ2v) is 7.82. The molecule has 0 radical (unpaired) electrons. The number of rotatable bonds is 11. The van der Waals surface area contributed by atoms with E-state index >= 15 is 4.39 Å². The largest absolute Gasteiger partial charge is 0.487 e. The molecule has 0 aromatic carbocycles. The minimum absolute atomic E-state index is 0.0703. The van der Waals surface area contributed by atoms with Gasteiger partial charge in [-0.1, -0.05) is 30.7 Å². The molecule has 2 heterocycles. The summed E-state index contributed by atoms with van der Waals surface area (Å²) in [6.45, 7) is 5.19. The van der Waals surface area contributed by atoms with Gasteiger partial charge in [0.1, 0.15) is 23.9 Å². The third kappa shape index (κ3) is 7.13. The maximum atomic E-state index is 15.6. The van der Waals surface area contributed by atoms with Gasteiger partial charge in [-0.3, -0.25) is 5.43 Å². The third-order valence-electron chi connectivity index (χ3n) is 4.44. The van der Waals surface area contributed by atoms with Crippen molar-refractivity contribution in [3.05, 3.63) is 70.4 Å². The van der Waals surface area contributed by atoms with E-state index < -0.39 is 5.83 Å². The molecule has 0 bridgehead atoms. The highest BCUT2D eigenvalue weighted by Crippen LogP contribution is 2.30. The molecule has 0 aliphatic heterocycles. The number of pyridine rings is 2. The van der Waals surface area contributed by atoms with E-state index in [1.807, 2.05) is 6.92 Å². The van der Waals surface area contributed by atoms with Crippen molar-refractivity contribution < 1.29 is 13.9 Å². The second kappa shape index (κ2) is 12.9. The summed E-state index contributed by atoms with van der Waals surface area (Å²) < 4.78 is 27.9. The van der Waals surface area contributed by atoms with Crippen molar-refractivity contribution >= 4 is 41.6 Å². The molecule has 0 amide bonds. The van der Waals surface area contributed by atoms with Crippen molar-refractivity contribution in [1.29, 1.82) is 5.41 Å². The Balaban J connectivity index is 2.33. The maximum absolute atomic E-state index is 15.6. The number of methoxy groups -OCH3 is 1. The van der Waals surface area contributed by atoms with Crippen LogP contribution in [0.2, 0.25) is 5.02 Å². The van der Waals surface area contributed by atoms with Gasteiger partial charge in [0.05, 0.1) is 24.0 Å². The zero-order valence-electron chi connectivity index (χ0n) is 19.4. The fraction of sp³-hybridized carbons (Fsp3) is 0.261. The Hall–Kier alpha value is -3.24. The Bertz CT molecular complexity index is 1120. The Morgan fingerprint density at radius 1 is 1.35 bits per heavy atom. The summed E-state index contributed by atoms with van der Waals surface area (Å²) in [4.78, 5) is 8.14. The van der Waals surface area contributed by atoms with Gasteiger partial charge in [-0.15, -0.1) is 0 Å². The van der Waals surface area contributed by atoms with Crippen LogP contribution in [0.3, 0.4) is 0 Å². The number of nitrogens with two attached hydrogens (primary N) is 1. The summed E-state index contributed by atoms with van der Waals surface area (Å²) in [5, 5.41) is 8.17. The average molecular weight is 507 g/mol. The number of nitrogens with one attached hydrogen (secondary N) is 2. The van der Waals surface area contributed by atoms with Crippen LogP contribution in [0.5, 0.6) is 11.6 Å². The number of nitrogens with zero attached hydrogens (tertiary/aromatic N) is 3. The van der Waals surface area contributed by atoms with Crippen molar-refractivity contribution in [2.45, 2.75) is 27.2 Å². The minimum atomic E-state index is -0.542. The van der Waals surface area contributed by atoms with Crippen LogP contribution in [0.15, 0.2) is 59.9 Å². The van der Waals surface area contributed by atoms with Crippen molar-refractivity contribution in [1.82, 2.24) is 15.4 Å². The summed E-state index contributed by atoms with van der Waals surface area (Å²) in [6, 6.07) is 3.19. The lowest BCUT2D eigenvalue weighted by molar-refractivity contribution is 0.346. The zero-order chi connectivity index (χ0) is 25.3. The van der Waals surface area contributed by atoms with Crippen LogP contribution < -0.4 is 25.0 Å². The number of hydrogen-bond acceptors (Lipinski definition) is 9. The van der Waals surface area contributed by atoms with E-state index in [1.54, 1.807) is 44.2 Å². The number of allylic oxidation sites excluding steroid dienone is 3. The molecule has 182 valence electrons. The number of nitrogen functional groups attached to an aromatic ring is 1. The van der Waals surface area contributed by atoms with Crippen LogP contribution in [-0.4, -0.2) is 29.4 Å². The Kier molecular flexibility index (Phi) is 10.2. The van der Waals surface area contributed by atoms with Crippen LogP contribution in [0.25, 0.3) is 0 Å². The minimum Gasteiger partial charge on any atom is -0.487 e. The van der Waals surface area contributed by atoms with E-state index in [1.165, 1.54) is 23.9 Å². The highest BCUT2D eigenvalue weighted by atomic mass is 35.5. The average Bonchev–Trinajstić information content (AvgIpc) is 2.81. The van der Waals surface area contributed by atoms with Crippen molar-refractivity contribution in [2.24, 2.45) is 0 Å². The lowest BCUT2D eigenvalue weighted by atomic mass is 10.1. The van der Waals surface area contributed by atoms with E-state index in [0.717, 1.165) is 0 Å². The molecular formula is C23H28ClFN6O2S. The summed E-state index contributed by atoms with van der Waals surface area (Å²) in [6.07, 6.45) is 8.42. The summed E-state index contributed by atoms with van der Waals surface area (Å²) >= 11 is 10.5. The molecule has 2 rings (SSSR count). The summed E-state index contributed by atoms with van der Waals surface area (Å²) in [7, 11) is 1.46. The van der Waals surface area contributed by atoms with Gasteiger partial charge in [-0.05, 0) is 51.3 Å². The first-order valence-corrected chi connectivity index (χ1v) is 11.1. The smallest absolute Gasteiger partial charge is 0.240 e. The first-order valence-electron chi connectivity index (χ1n) is 10.3. The lowest BCUT2D eigenvalue weighted by Crippen LogP contribution is -2.30. The Morgan fingerprint density at radius 3 is 2.71 bits per heavy atom. The molecule has 0 saturated heterocycles. The van der Waals surface area contributed by atoms with Gasteiger partial charge in [0.15, 0.2) is 5.83 Å². The van der Waals surface area contributed by atoms with E-state index in [-0.39, 0.29) is 29.7 Å². The molecule has 2 aromatic heterocycles. The SMILES string of the molecule is C\C=C/C(NN(S)c1cc(Cl)cnc1OC)=C(F)\C(=C\CC)COc1cnc(N)c(C(C)=N)c1. The molecule has 0 atom stereocenters. The van der Waals surface area contributed by atoms with Gasteiger partial charge in [-0.25, -0.2) is 18.8 Å². The number of anilines is 2. The van der Waals surface area contributed by atoms with E-state index in [4.69, 9.17) is 32.2 Å². The summed E-state index contributed by atoms with van der Waals surface area (Å²) in [5.74, 6) is 0.319. The lowest BCUT2D eigenvalue weighted by Gasteiger charge is -2.23. The monoisotopic (exact) mass is 506 g/mol. The molecule has 11 heteroatoms. The predicted molar refractivity (Wildman–Crippen MR) is 138 cm³/mol. The van der Waals surface area contributed by atoms with Crippen LogP contribution in [-0.2, 0) is 0 Å². The van der Waals surface area contributed by atoms with Crippen LogP contribution in [0.1, 0.15) is 32.8 Å². The van der Waals surface area contributed by atoms with Gasteiger partial charge >= 0.3 is 0 Å². The maximum Gasteiger partial charge on any atom is 0.240 e. The standard InChI is InChI=1S/C23H28ClFN6O2S/c1-5-7-15(13-33-17-10-18(14(3)26)22(27)28-12-17)21(25)19(8-6-2)30-31(34)20-9-16(24)11-29-23(20)32-4/h6-12,26,30,34H,5,13H2,1-4H3,(H2,27,28)/b8-6-,15-7+,21-19-,26-14?. The molecule has 0 saturated carbocycles. The van der Waals surface area contributed by atoms with Gasteiger partial charge < -0.3 is 20.6 Å². The zero-order valence-corrected chi connectivity index (χ0v) is 21.0. The quantitative estimate of drug-likeness (QED) is 0.139. The van der Waals surface area contributed by atoms with Gasteiger partial charge in [-0.2, -0.15) is 0 Å². The van der Waals surface area contributed by atoms with Crippen LogP contribution in [0, 0.1) is 5.41 Å². The highest BCUT2D eigenvalue weighted by Gasteiger charge is 2.17. The van der Waals surface area contributed by atoms with Crippen molar-refractivity contribution in [3.63, 3.8) is 0 Å². The molecule has 8 nitrogen and oxygen atoms in total. The van der Waals surface area contributed by atoms with Gasteiger partial charge in [0, 0.05) is 23.0 Å².